The van der Waals surface area contributed by atoms with Gasteiger partial charge in [0.15, 0.2) is 0 Å². The summed E-state index contributed by atoms with van der Waals surface area (Å²) in [4.78, 5) is 27.5. The largest absolute Gasteiger partial charge is 0.480 e. The topological polar surface area (TPSA) is 72.9 Å². The van der Waals surface area contributed by atoms with Crippen molar-refractivity contribution in [3.8, 4) is 0 Å². The average Bonchev–Trinajstić information content (AvgIpc) is 3.17. The van der Waals surface area contributed by atoms with Crippen molar-refractivity contribution in [1.29, 1.82) is 0 Å². The van der Waals surface area contributed by atoms with Crippen molar-refractivity contribution in [2.75, 3.05) is 39.8 Å². The number of likely N-dealkylation sites (tertiary alicyclic amines) is 1. The smallest absolute Gasteiger partial charge is 0.317 e. The Kier molecular flexibility index (Phi) is 8.93. The number of benzene rings is 1. The van der Waals surface area contributed by atoms with E-state index in [0.717, 1.165) is 38.8 Å². The lowest BCUT2D eigenvalue weighted by atomic mass is 9.79. The first-order valence-electron chi connectivity index (χ1n) is 10.5. The predicted octanol–water partition coefficient (Wildman–Crippen LogP) is 2.52. The number of rotatable bonds is 8. The summed E-state index contributed by atoms with van der Waals surface area (Å²) < 4.78 is 0. The Bertz CT molecular complexity index is 657. The number of hydrogen-bond acceptors (Lipinski definition) is 4. The van der Waals surface area contributed by atoms with Gasteiger partial charge in [-0.3, -0.25) is 19.4 Å². The van der Waals surface area contributed by atoms with E-state index in [1.54, 1.807) is 0 Å². The zero-order valence-electron chi connectivity index (χ0n) is 17.3. The minimum atomic E-state index is -0.788. The SMILES string of the molecule is CN(CC(=O)O)C1CCN(CC(=O)NCC2(c3ccccc3)CCCC2)CC1.Cl. The number of carbonyl (C=O) groups is 2. The van der Waals surface area contributed by atoms with E-state index < -0.39 is 5.97 Å². The highest BCUT2D eigenvalue weighted by atomic mass is 35.5. The van der Waals surface area contributed by atoms with E-state index in [-0.39, 0.29) is 36.3 Å². The second-order valence-electron chi connectivity index (χ2n) is 8.45. The van der Waals surface area contributed by atoms with E-state index in [1.165, 1.54) is 18.4 Å². The van der Waals surface area contributed by atoms with Crippen LogP contribution in [0.3, 0.4) is 0 Å². The number of carboxylic acid groups (broad SMARTS) is 1. The Balaban J connectivity index is 0.00000300. The van der Waals surface area contributed by atoms with Crippen LogP contribution in [0, 0.1) is 0 Å². The first kappa shape index (κ1) is 23.6. The van der Waals surface area contributed by atoms with Crippen LogP contribution in [-0.4, -0.2) is 72.6 Å². The van der Waals surface area contributed by atoms with Crippen LogP contribution in [0.1, 0.15) is 44.1 Å². The van der Waals surface area contributed by atoms with Gasteiger partial charge in [-0.05, 0) is 38.3 Å². The second-order valence-corrected chi connectivity index (χ2v) is 8.45. The third kappa shape index (κ3) is 6.43. The van der Waals surface area contributed by atoms with Gasteiger partial charge in [0.1, 0.15) is 0 Å². The van der Waals surface area contributed by atoms with Crippen molar-refractivity contribution < 1.29 is 14.7 Å². The molecular weight excluding hydrogens is 390 g/mol. The Morgan fingerprint density at radius 3 is 2.38 bits per heavy atom. The lowest BCUT2D eigenvalue weighted by Gasteiger charge is -2.36. The lowest BCUT2D eigenvalue weighted by Crippen LogP contribution is -2.48. The number of nitrogens with one attached hydrogen (secondary N) is 1. The Labute approximate surface area is 180 Å². The second kappa shape index (κ2) is 11.0. The van der Waals surface area contributed by atoms with Crippen LogP contribution < -0.4 is 5.32 Å². The highest BCUT2D eigenvalue weighted by Gasteiger charge is 2.36. The molecule has 1 aliphatic heterocycles. The fraction of sp³-hybridized carbons (Fsp3) is 0.636. The fourth-order valence-electron chi connectivity index (χ4n) is 4.80. The van der Waals surface area contributed by atoms with E-state index in [1.807, 2.05) is 18.0 Å². The number of carbonyl (C=O) groups excluding carboxylic acids is 1. The minimum Gasteiger partial charge on any atom is -0.480 e. The molecule has 1 aromatic carbocycles. The van der Waals surface area contributed by atoms with Gasteiger partial charge in [-0.15, -0.1) is 12.4 Å². The van der Waals surface area contributed by atoms with Crippen molar-refractivity contribution in [1.82, 2.24) is 15.1 Å². The molecule has 0 aromatic heterocycles. The molecule has 1 aliphatic carbocycles. The molecule has 0 spiro atoms. The van der Waals surface area contributed by atoms with Gasteiger partial charge in [0, 0.05) is 31.1 Å². The molecule has 2 N–H and O–H groups in total. The van der Waals surface area contributed by atoms with Crippen LogP contribution in [0.2, 0.25) is 0 Å². The molecule has 1 amide bonds. The molecule has 7 heteroatoms. The number of likely N-dealkylation sites (N-methyl/N-ethyl adjacent to an activating group) is 1. The molecule has 6 nitrogen and oxygen atoms in total. The summed E-state index contributed by atoms with van der Waals surface area (Å²) in [5.41, 5.74) is 1.43. The van der Waals surface area contributed by atoms with Crippen molar-refractivity contribution in [3.05, 3.63) is 35.9 Å². The summed E-state index contributed by atoms with van der Waals surface area (Å²) in [6.07, 6.45) is 6.54. The maximum atomic E-state index is 12.6. The molecule has 2 fully saturated rings. The number of hydrogen-bond donors (Lipinski definition) is 2. The molecule has 0 bridgehead atoms. The quantitative estimate of drug-likeness (QED) is 0.672. The Morgan fingerprint density at radius 2 is 1.79 bits per heavy atom. The normalized spacial score (nSPS) is 19.7. The number of amides is 1. The number of piperidine rings is 1. The van der Waals surface area contributed by atoms with E-state index in [4.69, 9.17) is 5.11 Å². The Hall–Kier alpha value is -1.63. The summed E-state index contributed by atoms with van der Waals surface area (Å²) in [5, 5.41) is 12.1. The molecule has 0 unspecified atom stereocenters. The van der Waals surface area contributed by atoms with Crippen molar-refractivity contribution in [2.45, 2.75) is 50.0 Å². The highest BCUT2D eigenvalue weighted by Crippen LogP contribution is 2.40. The van der Waals surface area contributed by atoms with Gasteiger partial charge in [0.2, 0.25) is 5.91 Å². The molecule has 1 heterocycles. The Morgan fingerprint density at radius 1 is 1.17 bits per heavy atom. The van der Waals surface area contributed by atoms with Crippen LogP contribution in [0.25, 0.3) is 0 Å². The van der Waals surface area contributed by atoms with Crippen molar-refractivity contribution in [2.24, 2.45) is 0 Å². The van der Waals surface area contributed by atoms with Gasteiger partial charge >= 0.3 is 5.97 Å². The van der Waals surface area contributed by atoms with Crippen LogP contribution in [-0.2, 0) is 15.0 Å². The third-order valence-electron chi connectivity index (χ3n) is 6.50. The third-order valence-corrected chi connectivity index (χ3v) is 6.50. The fourth-order valence-corrected chi connectivity index (χ4v) is 4.80. The molecule has 1 saturated heterocycles. The van der Waals surface area contributed by atoms with Crippen LogP contribution in [0.4, 0.5) is 0 Å². The van der Waals surface area contributed by atoms with Crippen LogP contribution in [0.5, 0.6) is 0 Å². The van der Waals surface area contributed by atoms with Gasteiger partial charge in [0.05, 0.1) is 13.1 Å². The molecule has 1 saturated carbocycles. The molecule has 0 radical (unpaired) electrons. The van der Waals surface area contributed by atoms with E-state index >= 15 is 0 Å². The molecule has 29 heavy (non-hydrogen) atoms. The molecule has 0 atom stereocenters. The first-order valence-corrected chi connectivity index (χ1v) is 10.5. The zero-order valence-corrected chi connectivity index (χ0v) is 18.1. The molecule has 3 rings (SSSR count). The van der Waals surface area contributed by atoms with Crippen molar-refractivity contribution >= 4 is 24.3 Å². The molecule has 1 aromatic rings. The van der Waals surface area contributed by atoms with E-state index in [9.17, 15) is 9.59 Å². The first-order chi connectivity index (χ1) is 13.5. The molecular formula is C22H34ClN3O3. The van der Waals surface area contributed by atoms with Gasteiger partial charge in [-0.2, -0.15) is 0 Å². The summed E-state index contributed by atoms with van der Waals surface area (Å²) in [7, 11) is 1.87. The van der Waals surface area contributed by atoms with Gasteiger partial charge in [-0.1, -0.05) is 43.2 Å². The van der Waals surface area contributed by atoms with E-state index in [0.29, 0.717) is 13.1 Å². The lowest BCUT2D eigenvalue weighted by molar-refractivity contribution is -0.138. The summed E-state index contributed by atoms with van der Waals surface area (Å²) in [6.45, 7) is 2.90. The van der Waals surface area contributed by atoms with Gasteiger partial charge in [0.25, 0.3) is 0 Å². The maximum Gasteiger partial charge on any atom is 0.317 e. The van der Waals surface area contributed by atoms with Crippen LogP contribution in [0.15, 0.2) is 30.3 Å². The van der Waals surface area contributed by atoms with Gasteiger partial charge < -0.3 is 10.4 Å². The zero-order chi connectivity index (χ0) is 20.0. The maximum absolute atomic E-state index is 12.6. The van der Waals surface area contributed by atoms with Crippen molar-refractivity contribution in [3.63, 3.8) is 0 Å². The number of aliphatic carboxylic acids is 1. The highest BCUT2D eigenvalue weighted by molar-refractivity contribution is 5.85. The summed E-state index contributed by atoms with van der Waals surface area (Å²) in [5.74, 6) is -0.692. The number of halogens is 1. The molecule has 162 valence electrons. The van der Waals surface area contributed by atoms with E-state index in [2.05, 4.69) is 34.5 Å². The summed E-state index contributed by atoms with van der Waals surface area (Å²) in [6, 6.07) is 10.9. The predicted molar refractivity (Wildman–Crippen MR) is 117 cm³/mol. The van der Waals surface area contributed by atoms with Crippen LogP contribution >= 0.6 is 12.4 Å². The monoisotopic (exact) mass is 423 g/mol. The standard InChI is InChI=1S/C22H33N3O3.ClH/c1-24(16-21(27)28)19-9-13-25(14-10-19)15-20(26)23-17-22(11-5-6-12-22)18-7-3-2-4-8-18;/h2-4,7-8,19H,5-6,9-17H2,1H3,(H,23,26)(H,27,28);1H. The summed E-state index contributed by atoms with van der Waals surface area (Å²) >= 11 is 0. The molecule has 2 aliphatic rings. The minimum absolute atomic E-state index is 0. The van der Waals surface area contributed by atoms with Gasteiger partial charge in [-0.25, -0.2) is 0 Å². The average molecular weight is 424 g/mol. The number of nitrogens with zero attached hydrogens (tertiary/aromatic N) is 2. The number of carboxylic acids is 1.